The van der Waals surface area contributed by atoms with Gasteiger partial charge in [-0.3, -0.25) is 4.98 Å². The minimum absolute atomic E-state index is 0.660. The molecular weight excluding hydrogens is 415 g/mol. The van der Waals surface area contributed by atoms with Gasteiger partial charge in [0.1, 0.15) is 5.82 Å². The number of aromatic nitrogens is 3. The van der Waals surface area contributed by atoms with Crippen LogP contribution in [0.5, 0.6) is 0 Å². The standard InChI is InChI=1S/C24H24F3N5/c1-32(2)11-3-10-29-23-15-28-14-22(31-23)17-6-9-21-19(12-17)20(13-30-21)16-4-7-18(8-5-16)24(25,26)27/h4-9,12-15,30H,3,10-11H2,1-2H3,(H,29,31). The summed E-state index contributed by atoms with van der Waals surface area (Å²) in [7, 11) is 4.08. The fourth-order valence-electron chi connectivity index (χ4n) is 3.56. The van der Waals surface area contributed by atoms with Crippen LogP contribution in [0.3, 0.4) is 0 Å². The first kappa shape index (κ1) is 21.8. The second-order valence-corrected chi connectivity index (χ2v) is 7.91. The number of halogens is 3. The van der Waals surface area contributed by atoms with Gasteiger partial charge in [-0.2, -0.15) is 13.2 Å². The van der Waals surface area contributed by atoms with E-state index in [1.807, 2.05) is 38.5 Å². The quantitative estimate of drug-likeness (QED) is 0.364. The molecule has 8 heteroatoms. The molecule has 0 saturated heterocycles. The van der Waals surface area contributed by atoms with Crippen molar-refractivity contribution >= 4 is 16.7 Å². The number of hydrogen-bond donors (Lipinski definition) is 2. The third kappa shape index (κ3) is 4.91. The van der Waals surface area contributed by atoms with Crippen LogP contribution in [0.1, 0.15) is 12.0 Å². The lowest BCUT2D eigenvalue weighted by molar-refractivity contribution is -0.137. The number of fused-ring (bicyclic) bond motifs is 1. The molecule has 2 heterocycles. The highest BCUT2D eigenvalue weighted by molar-refractivity contribution is 5.97. The number of anilines is 1. The van der Waals surface area contributed by atoms with E-state index in [-0.39, 0.29) is 0 Å². The van der Waals surface area contributed by atoms with E-state index in [0.29, 0.717) is 11.4 Å². The first-order chi connectivity index (χ1) is 15.3. The van der Waals surface area contributed by atoms with Crippen molar-refractivity contribution < 1.29 is 13.2 Å². The lowest BCUT2D eigenvalue weighted by atomic mass is 10.0. The Kier molecular flexibility index (Phi) is 6.14. The molecule has 0 unspecified atom stereocenters. The first-order valence-corrected chi connectivity index (χ1v) is 10.3. The lowest BCUT2D eigenvalue weighted by Gasteiger charge is -2.11. The van der Waals surface area contributed by atoms with Crippen molar-refractivity contribution in [1.82, 2.24) is 19.9 Å². The highest BCUT2D eigenvalue weighted by atomic mass is 19.4. The number of rotatable bonds is 7. The zero-order valence-corrected chi connectivity index (χ0v) is 17.9. The molecule has 0 radical (unpaired) electrons. The SMILES string of the molecule is CN(C)CCCNc1cncc(-c2ccc3[nH]cc(-c4ccc(C(F)(F)F)cc4)c3c2)n1. The van der Waals surface area contributed by atoms with Gasteiger partial charge in [0.25, 0.3) is 0 Å². The minimum atomic E-state index is -4.35. The summed E-state index contributed by atoms with van der Waals surface area (Å²) in [5.41, 5.74) is 3.39. The van der Waals surface area contributed by atoms with Crippen molar-refractivity contribution in [3.63, 3.8) is 0 Å². The topological polar surface area (TPSA) is 56.8 Å². The van der Waals surface area contributed by atoms with E-state index >= 15 is 0 Å². The van der Waals surface area contributed by atoms with E-state index in [2.05, 4.69) is 25.2 Å². The number of hydrogen-bond acceptors (Lipinski definition) is 4. The van der Waals surface area contributed by atoms with Gasteiger partial charge in [-0.15, -0.1) is 0 Å². The maximum Gasteiger partial charge on any atom is 0.416 e. The average Bonchev–Trinajstić information content (AvgIpc) is 3.19. The molecule has 0 spiro atoms. The number of nitrogens with one attached hydrogen (secondary N) is 2. The number of nitrogens with zero attached hydrogens (tertiary/aromatic N) is 3. The summed E-state index contributed by atoms with van der Waals surface area (Å²) in [5.74, 6) is 0.707. The number of alkyl halides is 3. The van der Waals surface area contributed by atoms with Gasteiger partial charge in [-0.1, -0.05) is 18.2 Å². The molecule has 0 aliphatic carbocycles. The Labute approximate surface area is 184 Å². The van der Waals surface area contributed by atoms with Gasteiger partial charge in [-0.25, -0.2) is 4.98 Å². The molecule has 2 N–H and O–H groups in total. The fourth-order valence-corrected chi connectivity index (χ4v) is 3.56. The molecular formula is C24H24F3N5. The predicted octanol–water partition coefficient (Wildman–Crippen LogP) is 5.67. The summed E-state index contributed by atoms with van der Waals surface area (Å²) in [6.45, 7) is 1.78. The molecule has 0 fully saturated rings. The molecule has 2 aromatic carbocycles. The first-order valence-electron chi connectivity index (χ1n) is 10.3. The monoisotopic (exact) mass is 439 g/mol. The summed E-state index contributed by atoms with van der Waals surface area (Å²) in [4.78, 5) is 14.3. The Bertz CT molecular complexity index is 1200. The molecule has 5 nitrogen and oxygen atoms in total. The van der Waals surface area contributed by atoms with E-state index in [4.69, 9.17) is 0 Å². The van der Waals surface area contributed by atoms with Crippen LogP contribution in [0.2, 0.25) is 0 Å². The van der Waals surface area contributed by atoms with Crippen molar-refractivity contribution in [3.05, 3.63) is 66.6 Å². The molecule has 0 saturated carbocycles. The van der Waals surface area contributed by atoms with Gasteiger partial charge < -0.3 is 15.2 Å². The summed E-state index contributed by atoms with van der Waals surface area (Å²) < 4.78 is 38.7. The van der Waals surface area contributed by atoms with Crippen molar-refractivity contribution in [3.8, 4) is 22.4 Å². The molecule has 4 rings (SSSR count). The number of benzene rings is 2. The molecule has 166 valence electrons. The maximum absolute atomic E-state index is 12.9. The van der Waals surface area contributed by atoms with E-state index in [1.165, 1.54) is 12.1 Å². The van der Waals surface area contributed by atoms with Crippen LogP contribution in [0.25, 0.3) is 33.3 Å². The summed E-state index contributed by atoms with van der Waals surface area (Å²) in [6.07, 6.45) is 1.85. The van der Waals surface area contributed by atoms with Gasteiger partial charge in [0.15, 0.2) is 0 Å². The smallest absolute Gasteiger partial charge is 0.369 e. The van der Waals surface area contributed by atoms with Gasteiger partial charge in [0.05, 0.1) is 23.7 Å². The third-order valence-electron chi connectivity index (χ3n) is 5.22. The van der Waals surface area contributed by atoms with Crippen LogP contribution in [0.4, 0.5) is 19.0 Å². The Morgan fingerprint density at radius 3 is 2.47 bits per heavy atom. The van der Waals surface area contributed by atoms with E-state index in [0.717, 1.165) is 59.4 Å². The van der Waals surface area contributed by atoms with Crippen LogP contribution in [0.15, 0.2) is 61.1 Å². The molecule has 0 bridgehead atoms. The zero-order chi connectivity index (χ0) is 22.7. The Balaban J connectivity index is 1.60. The van der Waals surface area contributed by atoms with Crippen molar-refractivity contribution in [2.75, 3.05) is 32.5 Å². The van der Waals surface area contributed by atoms with Gasteiger partial charge in [-0.05, 0) is 56.9 Å². The normalized spacial score (nSPS) is 11.9. The summed E-state index contributed by atoms with van der Waals surface area (Å²) in [6, 6.07) is 11.1. The van der Waals surface area contributed by atoms with E-state index < -0.39 is 11.7 Å². The number of aromatic amines is 1. The van der Waals surface area contributed by atoms with Crippen LogP contribution in [0, 0.1) is 0 Å². The molecule has 0 aliphatic heterocycles. The Morgan fingerprint density at radius 1 is 1.00 bits per heavy atom. The van der Waals surface area contributed by atoms with Gasteiger partial charge >= 0.3 is 6.18 Å². The van der Waals surface area contributed by atoms with Crippen LogP contribution < -0.4 is 5.32 Å². The largest absolute Gasteiger partial charge is 0.416 e. The predicted molar refractivity (Wildman–Crippen MR) is 121 cm³/mol. The molecule has 4 aromatic rings. The van der Waals surface area contributed by atoms with Crippen LogP contribution in [-0.4, -0.2) is 47.0 Å². The van der Waals surface area contributed by atoms with Crippen molar-refractivity contribution in [2.45, 2.75) is 12.6 Å². The van der Waals surface area contributed by atoms with Crippen LogP contribution in [-0.2, 0) is 6.18 Å². The zero-order valence-electron chi connectivity index (χ0n) is 17.9. The molecule has 0 aliphatic rings. The minimum Gasteiger partial charge on any atom is -0.369 e. The molecule has 0 amide bonds. The highest BCUT2D eigenvalue weighted by Crippen LogP contribution is 2.34. The Hall–Kier alpha value is -3.39. The van der Waals surface area contributed by atoms with Gasteiger partial charge in [0, 0.05) is 34.8 Å². The molecule has 2 aromatic heterocycles. The van der Waals surface area contributed by atoms with Gasteiger partial charge in [0.2, 0.25) is 0 Å². The highest BCUT2D eigenvalue weighted by Gasteiger charge is 2.30. The molecule has 0 atom stereocenters. The van der Waals surface area contributed by atoms with Crippen molar-refractivity contribution in [1.29, 1.82) is 0 Å². The second kappa shape index (κ2) is 9.00. The van der Waals surface area contributed by atoms with E-state index in [9.17, 15) is 13.2 Å². The number of H-pyrrole nitrogens is 1. The average molecular weight is 439 g/mol. The van der Waals surface area contributed by atoms with E-state index in [1.54, 1.807) is 12.4 Å². The third-order valence-corrected chi connectivity index (χ3v) is 5.22. The molecule has 32 heavy (non-hydrogen) atoms. The Morgan fingerprint density at radius 2 is 1.75 bits per heavy atom. The fraction of sp³-hybridized carbons (Fsp3) is 0.250. The maximum atomic E-state index is 12.9. The second-order valence-electron chi connectivity index (χ2n) is 7.91. The summed E-state index contributed by atoms with van der Waals surface area (Å²) >= 11 is 0. The van der Waals surface area contributed by atoms with Crippen LogP contribution >= 0.6 is 0 Å². The van der Waals surface area contributed by atoms with Crippen molar-refractivity contribution in [2.24, 2.45) is 0 Å². The summed E-state index contributed by atoms with van der Waals surface area (Å²) in [5, 5.41) is 4.21. The lowest BCUT2D eigenvalue weighted by Crippen LogP contribution is -2.16.